The van der Waals surface area contributed by atoms with E-state index < -0.39 is 0 Å². The smallest absolute Gasteiger partial charge is 0.250 e. The highest BCUT2D eigenvalue weighted by Crippen LogP contribution is 2.29. The fraction of sp³-hybridized carbons (Fsp3) is 0.120. The molecule has 178 valence electrons. The van der Waals surface area contributed by atoms with E-state index in [0.29, 0.717) is 22.6 Å². The number of ether oxygens (including phenoxy) is 1. The van der Waals surface area contributed by atoms with E-state index in [1.807, 2.05) is 72.2 Å². The maximum absolute atomic E-state index is 12.4. The molecule has 0 aliphatic rings. The second kappa shape index (κ2) is 12.0. The Balaban J connectivity index is 1.52. The molecule has 7 nitrogen and oxygen atoms in total. The number of hydrogen-bond donors (Lipinski definition) is 1. The summed E-state index contributed by atoms with van der Waals surface area (Å²) < 4.78 is 8.40. The second-order valence-electron chi connectivity index (χ2n) is 7.21. The van der Waals surface area contributed by atoms with E-state index in [4.69, 9.17) is 16.3 Å². The van der Waals surface area contributed by atoms with Crippen molar-refractivity contribution >= 4 is 51.4 Å². The van der Waals surface area contributed by atoms with Crippen molar-refractivity contribution in [2.24, 2.45) is 5.10 Å². The number of thioether (sulfide) groups is 1. The van der Waals surface area contributed by atoms with Crippen LogP contribution in [0, 0.1) is 0 Å². The van der Waals surface area contributed by atoms with Gasteiger partial charge in [0, 0.05) is 20.7 Å². The number of nitrogens with one attached hydrogen (secondary N) is 1. The highest BCUT2D eigenvalue weighted by molar-refractivity contribution is 9.10. The van der Waals surface area contributed by atoms with Gasteiger partial charge in [0.05, 0.1) is 18.6 Å². The molecule has 0 spiro atoms. The molecule has 10 heteroatoms. The van der Waals surface area contributed by atoms with Gasteiger partial charge in [-0.1, -0.05) is 51.4 Å². The van der Waals surface area contributed by atoms with Gasteiger partial charge in [0.2, 0.25) is 0 Å². The summed E-state index contributed by atoms with van der Waals surface area (Å²) >= 11 is 10.7. The summed E-state index contributed by atoms with van der Waals surface area (Å²) in [6.07, 6.45) is 1.59. The number of hydrogen-bond acceptors (Lipinski definition) is 6. The third kappa shape index (κ3) is 6.72. The molecule has 1 heterocycles. The monoisotopic (exact) mass is 569 g/mol. The van der Waals surface area contributed by atoms with Gasteiger partial charge in [0.25, 0.3) is 5.91 Å². The molecule has 0 aliphatic heterocycles. The zero-order chi connectivity index (χ0) is 24.6. The van der Waals surface area contributed by atoms with Gasteiger partial charge in [0.15, 0.2) is 11.0 Å². The van der Waals surface area contributed by atoms with Crippen molar-refractivity contribution in [2.75, 3.05) is 12.4 Å². The molecule has 0 bridgehead atoms. The molecule has 0 atom stereocenters. The van der Waals surface area contributed by atoms with Crippen LogP contribution in [-0.4, -0.2) is 39.2 Å². The summed E-state index contributed by atoms with van der Waals surface area (Å²) in [6.45, 7) is 2.53. The molecule has 0 unspecified atom stereocenters. The van der Waals surface area contributed by atoms with Gasteiger partial charge in [-0.05, 0) is 73.2 Å². The number of benzene rings is 3. The third-order valence-electron chi connectivity index (χ3n) is 4.73. The van der Waals surface area contributed by atoms with Crippen molar-refractivity contribution in [2.45, 2.75) is 12.1 Å². The van der Waals surface area contributed by atoms with Crippen LogP contribution in [0.2, 0.25) is 5.02 Å². The SMILES string of the molecule is CCOc1ccc(-n2c(SCC(=O)N/N=C\c3cccc(Br)c3)nnc2-c2ccc(Cl)cc2)cc1. The molecular weight excluding hydrogens is 550 g/mol. The number of halogens is 2. The molecule has 0 saturated heterocycles. The maximum atomic E-state index is 12.4. The molecule has 35 heavy (non-hydrogen) atoms. The third-order valence-corrected chi connectivity index (χ3v) is 6.40. The molecule has 0 saturated carbocycles. The van der Waals surface area contributed by atoms with E-state index in [0.717, 1.165) is 27.0 Å². The van der Waals surface area contributed by atoms with Crippen LogP contribution in [-0.2, 0) is 4.79 Å². The molecule has 0 aliphatic carbocycles. The fourth-order valence-electron chi connectivity index (χ4n) is 3.17. The predicted molar refractivity (Wildman–Crippen MR) is 144 cm³/mol. The van der Waals surface area contributed by atoms with Gasteiger partial charge in [-0.15, -0.1) is 10.2 Å². The van der Waals surface area contributed by atoms with Crippen LogP contribution in [0.4, 0.5) is 0 Å². The van der Waals surface area contributed by atoms with Crippen molar-refractivity contribution < 1.29 is 9.53 Å². The van der Waals surface area contributed by atoms with Crippen LogP contribution in [0.25, 0.3) is 17.1 Å². The summed E-state index contributed by atoms with van der Waals surface area (Å²) in [4.78, 5) is 12.4. The first-order chi connectivity index (χ1) is 17.0. The lowest BCUT2D eigenvalue weighted by atomic mass is 10.2. The summed E-state index contributed by atoms with van der Waals surface area (Å²) in [5, 5.41) is 14.0. The first kappa shape index (κ1) is 25.0. The minimum Gasteiger partial charge on any atom is -0.494 e. The van der Waals surface area contributed by atoms with Gasteiger partial charge >= 0.3 is 0 Å². The van der Waals surface area contributed by atoms with Crippen molar-refractivity contribution in [1.29, 1.82) is 0 Å². The number of carbonyl (C=O) groups excluding carboxylic acids is 1. The number of nitrogens with zero attached hydrogens (tertiary/aromatic N) is 4. The number of rotatable bonds is 9. The van der Waals surface area contributed by atoms with Crippen LogP contribution in [0.15, 0.2) is 87.5 Å². The number of amides is 1. The lowest BCUT2D eigenvalue weighted by Crippen LogP contribution is -2.20. The molecular formula is C25H21BrClN5O2S. The van der Waals surface area contributed by atoms with E-state index >= 15 is 0 Å². The summed E-state index contributed by atoms with van der Waals surface area (Å²) in [5.74, 6) is 1.28. The topological polar surface area (TPSA) is 81.4 Å². The van der Waals surface area contributed by atoms with Crippen LogP contribution >= 0.6 is 39.3 Å². The van der Waals surface area contributed by atoms with Gasteiger partial charge in [0.1, 0.15) is 5.75 Å². The van der Waals surface area contributed by atoms with Gasteiger partial charge < -0.3 is 4.74 Å². The van der Waals surface area contributed by atoms with E-state index in [1.165, 1.54) is 11.8 Å². The molecule has 4 aromatic rings. The Morgan fingerprint density at radius 3 is 2.63 bits per heavy atom. The van der Waals surface area contributed by atoms with Crippen molar-refractivity contribution in [3.8, 4) is 22.8 Å². The molecule has 0 fully saturated rings. The predicted octanol–water partition coefficient (Wildman–Crippen LogP) is 5.99. The van der Waals surface area contributed by atoms with Crippen molar-refractivity contribution in [1.82, 2.24) is 20.2 Å². The van der Waals surface area contributed by atoms with Gasteiger partial charge in [-0.25, -0.2) is 5.43 Å². The average molecular weight is 571 g/mol. The number of aromatic nitrogens is 3. The van der Waals surface area contributed by atoms with Crippen molar-refractivity contribution in [3.63, 3.8) is 0 Å². The molecule has 4 rings (SSSR count). The Bertz CT molecular complexity index is 1330. The number of carbonyl (C=O) groups is 1. The Hall–Kier alpha value is -3.14. The van der Waals surface area contributed by atoms with Crippen molar-refractivity contribution in [3.05, 3.63) is 87.9 Å². The largest absolute Gasteiger partial charge is 0.494 e. The highest BCUT2D eigenvalue weighted by atomic mass is 79.9. The van der Waals surface area contributed by atoms with Gasteiger partial charge in [-0.2, -0.15) is 5.10 Å². The Morgan fingerprint density at radius 2 is 1.91 bits per heavy atom. The van der Waals surface area contributed by atoms with E-state index in [1.54, 1.807) is 18.3 Å². The molecule has 1 N–H and O–H groups in total. The maximum Gasteiger partial charge on any atom is 0.250 e. The average Bonchev–Trinajstić information content (AvgIpc) is 3.28. The lowest BCUT2D eigenvalue weighted by Gasteiger charge is -2.11. The lowest BCUT2D eigenvalue weighted by molar-refractivity contribution is -0.118. The van der Waals surface area contributed by atoms with Gasteiger partial charge in [-0.3, -0.25) is 9.36 Å². The quantitative estimate of drug-likeness (QED) is 0.152. The van der Waals surface area contributed by atoms with Crippen LogP contribution < -0.4 is 10.2 Å². The summed E-state index contributed by atoms with van der Waals surface area (Å²) in [6, 6.07) is 22.6. The second-order valence-corrected chi connectivity index (χ2v) is 9.51. The number of hydrazone groups is 1. The molecule has 1 aromatic heterocycles. The van der Waals surface area contributed by atoms with Crippen LogP contribution in [0.1, 0.15) is 12.5 Å². The van der Waals surface area contributed by atoms with Crippen LogP contribution in [0.5, 0.6) is 5.75 Å². The Morgan fingerprint density at radius 1 is 1.14 bits per heavy atom. The zero-order valence-electron chi connectivity index (χ0n) is 18.7. The fourth-order valence-corrected chi connectivity index (χ4v) is 4.46. The Labute approximate surface area is 220 Å². The van der Waals surface area contributed by atoms with E-state index in [2.05, 4.69) is 36.7 Å². The standard InChI is InChI=1S/C25H21BrClN5O2S/c1-2-34-22-12-10-21(11-13-22)32-24(18-6-8-20(27)9-7-18)30-31-25(32)35-16-23(33)29-28-15-17-4-3-5-19(26)14-17/h3-15H,2,16H2,1H3,(H,29,33)/b28-15-. The van der Waals surface area contributed by atoms with Crippen LogP contribution in [0.3, 0.4) is 0 Å². The minimum atomic E-state index is -0.254. The van der Waals surface area contributed by atoms with E-state index in [-0.39, 0.29) is 11.7 Å². The Kier molecular flexibility index (Phi) is 8.57. The summed E-state index contributed by atoms with van der Waals surface area (Å²) in [7, 11) is 0. The first-order valence-corrected chi connectivity index (χ1v) is 12.8. The highest BCUT2D eigenvalue weighted by Gasteiger charge is 2.17. The summed E-state index contributed by atoms with van der Waals surface area (Å²) in [5.41, 5.74) is 5.12. The molecule has 3 aromatic carbocycles. The molecule has 0 radical (unpaired) electrons. The van der Waals surface area contributed by atoms with E-state index in [9.17, 15) is 4.79 Å². The zero-order valence-corrected chi connectivity index (χ0v) is 21.8. The minimum absolute atomic E-state index is 0.117. The normalized spacial score (nSPS) is 11.1. The molecule has 1 amide bonds. The first-order valence-electron chi connectivity index (χ1n) is 10.7.